The van der Waals surface area contributed by atoms with E-state index in [2.05, 4.69) is 15.7 Å². The fourth-order valence-corrected chi connectivity index (χ4v) is 10.3. The molecule has 0 aliphatic carbocycles. The molecule has 6 rings (SSSR count). The van der Waals surface area contributed by atoms with Crippen LogP contribution in [0.2, 0.25) is 0 Å². The van der Waals surface area contributed by atoms with E-state index in [0.29, 0.717) is 11.5 Å². The predicted octanol–water partition coefficient (Wildman–Crippen LogP) is 6.87. The Bertz CT molecular complexity index is 2330. The number of nitrogens with zero attached hydrogens (tertiary/aromatic N) is 3. The fraction of sp³-hybridized carbons (Fsp3) is 0.479. The highest BCUT2D eigenvalue weighted by molar-refractivity contribution is 7.44. The summed E-state index contributed by atoms with van der Waals surface area (Å²) in [5, 5.41) is 9.57. The third kappa shape index (κ3) is 10.7. The average Bonchev–Trinajstić information content (AvgIpc) is 3.80. The zero-order valence-electron chi connectivity index (χ0n) is 38.2. The lowest BCUT2D eigenvalue weighted by molar-refractivity contribution is -0.152. The Hall–Kier alpha value is -5.24. The van der Waals surface area contributed by atoms with Crippen molar-refractivity contribution in [1.82, 2.24) is 14.2 Å². The van der Waals surface area contributed by atoms with Crippen molar-refractivity contribution in [3.8, 4) is 17.6 Å². The minimum Gasteiger partial charge on any atom is -0.497 e. The van der Waals surface area contributed by atoms with E-state index in [-0.39, 0.29) is 62.5 Å². The minimum atomic E-state index is -2.00. The first kappa shape index (κ1) is 49.2. The van der Waals surface area contributed by atoms with Gasteiger partial charge in [-0.25, -0.2) is 9.46 Å². The second-order valence-electron chi connectivity index (χ2n) is 16.5. The molecule has 1 N–H and O–H groups in total. The van der Waals surface area contributed by atoms with E-state index in [1.807, 2.05) is 107 Å². The van der Waals surface area contributed by atoms with Gasteiger partial charge in [0.25, 0.3) is 14.1 Å². The molecule has 348 valence electrons. The van der Waals surface area contributed by atoms with Gasteiger partial charge in [-0.15, -0.1) is 0 Å². The second kappa shape index (κ2) is 21.8. The molecule has 2 aliphatic rings. The van der Waals surface area contributed by atoms with Gasteiger partial charge < -0.3 is 37.5 Å². The molecule has 65 heavy (non-hydrogen) atoms. The van der Waals surface area contributed by atoms with Gasteiger partial charge in [0.2, 0.25) is 0 Å². The van der Waals surface area contributed by atoms with E-state index in [1.54, 1.807) is 28.1 Å². The summed E-state index contributed by atoms with van der Waals surface area (Å²) < 4.78 is 55.2. The summed E-state index contributed by atoms with van der Waals surface area (Å²) in [6, 6.07) is 26.8. The fourth-order valence-electron chi connectivity index (χ4n) is 8.46. The van der Waals surface area contributed by atoms with Crippen LogP contribution < -0.4 is 20.7 Å². The number of aromatic nitrogens is 2. The highest BCUT2D eigenvalue weighted by atomic mass is 31.2. The largest absolute Gasteiger partial charge is 0.497 e. The molecule has 2 fully saturated rings. The molecule has 17 heteroatoms. The maximum Gasteiger partial charge on any atom is 0.330 e. The normalized spacial score (nSPS) is 21.0. The molecule has 0 saturated carbocycles. The van der Waals surface area contributed by atoms with Gasteiger partial charge in [0.05, 0.1) is 46.0 Å². The predicted molar refractivity (Wildman–Crippen MR) is 241 cm³/mol. The van der Waals surface area contributed by atoms with Crippen LogP contribution in [0.1, 0.15) is 88.8 Å². The van der Waals surface area contributed by atoms with Crippen molar-refractivity contribution >= 4 is 20.3 Å². The number of aryl methyl sites for hydroxylation is 1. The van der Waals surface area contributed by atoms with Gasteiger partial charge in [-0.2, -0.15) is 5.26 Å². The van der Waals surface area contributed by atoms with Crippen molar-refractivity contribution in [3.63, 3.8) is 0 Å². The van der Waals surface area contributed by atoms with E-state index in [9.17, 15) is 24.4 Å². The standard InChI is InChI=1S/C48H59N4O12P/c1-9-37(53)26-42(54)59-29-40-27-47(64-65(61-25-13-24-49)52(31(2)3)32(4)5)41(63-45(43(47)62-40)51-28-33(6)44(55)50-46(51)56)30-60-48(34-14-11-10-12-15-34,35-16-20-38(57-7)21-17-35)36-18-22-39(58-8)23-19-36/h10-12,14-23,28,31-32,40-41,43,45H,9,13,25-27,29-30H2,1-8H3,(H,50,55,56)/t40-,41+,43+,45+,47+,65?/m0/s1. The molecule has 1 aromatic heterocycles. The Balaban J connectivity index is 1.55. The van der Waals surface area contributed by atoms with Crippen molar-refractivity contribution in [2.45, 2.75) is 115 Å². The number of nitrogens with one attached hydrogen (secondary N) is 1. The topological polar surface area (TPSA) is 190 Å². The van der Waals surface area contributed by atoms with Crippen LogP contribution in [-0.4, -0.2) is 96.0 Å². The second-order valence-corrected chi connectivity index (χ2v) is 17.9. The van der Waals surface area contributed by atoms with Crippen molar-refractivity contribution in [1.29, 1.82) is 5.26 Å². The number of carbonyl (C=O) groups excluding carboxylic acids is 2. The summed E-state index contributed by atoms with van der Waals surface area (Å²) in [6.45, 7) is 10.9. The van der Waals surface area contributed by atoms with Crippen LogP contribution in [0.5, 0.6) is 11.5 Å². The monoisotopic (exact) mass is 914 g/mol. The van der Waals surface area contributed by atoms with E-state index in [4.69, 9.17) is 37.5 Å². The highest BCUT2D eigenvalue weighted by Crippen LogP contribution is 2.59. The van der Waals surface area contributed by atoms with Crippen LogP contribution >= 0.6 is 8.53 Å². The number of fused-ring (bicyclic) bond motifs is 1. The van der Waals surface area contributed by atoms with Gasteiger partial charge in [-0.1, -0.05) is 61.5 Å². The Labute approximate surface area is 380 Å². The van der Waals surface area contributed by atoms with E-state index in [0.717, 1.165) is 16.7 Å². The number of esters is 1. The number of methoxy groups -OCH3 is 2. The third-order valence-electron chi connectivity index (χ3n) is 11.6. The first-order chi connectivity index (χ1) is 31.2. The molecular formula is C48H59N4O12P. The molecule has 0 radical (unpaired) electrons. The van der Waals surface area contributed by atoms with E-state index in [1.165, 1.54) is 10.8 Å². The third-order valence-corrected chi connectivity index (χ3v) is 13.8. The van der Waals surface area contributed by atoms with E-state index >= 15 is 0 Å². The van der Waals surface area contributed by atoms with Gasteiger partial charge in [-0.05, 0) is 75.6 Å². The molecule has 0 amide bonds. The number of hydrogen-bond acceptors (Lipinski definition) is 14. The maximum absolute atomic E-state index is 13.8. The lowest BCUT2D eigenvalue weighted by Gasteiger charge is -2.43. The van der Waals surface area contributed by atoms with Crippen LogP contribution in [-0.2, 0) is 43.2 Å². The number of aromatic amines is 1. The number of H-pyrrole nitrogens is 1. The van der Waals surface area contributed by atoms with Crippen molar-refractivity contribution in [2.24, 2.45) is 0 Å². The quantitative estimate of drug-likeness (QED) is 0.0283. The lowest BCUT2D eigenvalue weighted by Crippen LogP contribution is -2.51. The number of ether oxygens (including phenoxy) is 6. The number of rotatable bonds is 22. The molecule has 4 aromatic rings. The molecule has 1 unspecified atom stereocenters. The van der Waals surface area contributed by atoms with Gasteiger partial charge in [0.15, 0.2) is 6.23 Å². The van der Waals surface area contributed by atoms with Gasteiger partial charge in [-0.3, -0.25) is 23.9 Å². The Morgan fingerprint density at radius 3 is 2.08 bits per heavy atom. The molecule has 2 aliphatic heterocycles. The summed E-state index contributed by atoms with van der Waals surface area (Å²) in [7, 11) is 1.20. The zero-order chi connectivity index (χ0) is 46.9. The number of hydrogen-bond donors (Lipinski definition) is 1. The van der Waals surface area contributed by atoms with Gasteiger partial charge in [0, 0.05) is 36.7 Å². The molecular weight excluding hydrogens is 856 g/mol. The van der Waals surface area contributed by atoms with Crippen molar-refractivity contribution in [3.05, 3.63) is 128 Å². The van der Waals surface area contributed by atoms with Crippen LogP contribution in [0, 0.1) is 18.3 Å². The first-order valence-corrected chi connectivity index (χ1v) is 22.9. The summed E-state index contributed by atoms with van der Waals surface area (Å²) in [6.07, 6.45) is -2.80. The Morgan fingerprint density at radius 1 is 0.923 bits per heavy atom. The minimum absolute atomic E-state index is 0.0577. The highest BCUT2D eigenvalue weighted by Gasteiger charge is 2.66. The molecule has 3 heterocycles. The molecule has 0 bridgehead atoms. The SMILES string of the molecule is CCC(=O)CC(=O)OC[C@@H]1C[C@]2(OP(OCCC#N)N(C(C)C)C(C)C)[C@H](O1)[C@H](n1cc(C)c(=O)[nH]c1=O)O[C@@H]2COC(c1ccccc1)(c1ccc(OC)cc1)c1ccc(OC)cc1. The molecule has 3 aromatic carbocycles. The van der Waals surface area contributed by atoms with Crippen molar-refractivity contribution < 1.29 is 47.1 Å². The number of benzene rings is 3. The maximum atomic E-state index is 13.8. The van der Waals surface area contributed by atoms with Crippen LogP contribution in [0.3, 0.4) is 0 Å². The molecule has 16 nitrogen and oxygen atoms in total. The number of ketones is 1. The van der Waals surface area contributed by atoms with Crippen LogP contribution in [0.15, 0.2) is 94.6 Å². The van der Waals surface area contributed by atoms with Gasteiger partial charge >= 0.3 is 11.7 Å². The average molecular weight is 915 g/mol. The number of nitriles is 1. The zero-order valence-corrected chi connectivity index (χ0v) is 39.1. The van der Waals surface area contributed by atoms with Crippen molar-refractivity contribution in [2.75, 3.05) is 34.0 Å². The van der Waals surface area contributed by atoms with E-state index < -0.39 is 67.9 Å². The smallest absolute Gasteiger partial charge is 0.330 e. The summed E-state index contributed by atoms with van der Waals surface area (Å²) >= 11 is 0. The number of carbonyl (C=O) groups is 2. The first-order valence-electron chi connectivity index (χ1n) is 21.8. The van der Waals surface area contributed by atoms with Crippen LogP contribution in [0.4, 0.5) is 0 Å². The summed E-state index contributed by atoms with van der Waals surface area (Å²) in [4.78, 5) is 54.0. The molecule has 2 saturated heterocycles. The van der Waals surface area contributed by atoms with Crippen LogP contribution in [0.25, 0.3) is 0 Å². The Morgan fingerprint density at radius 2 is 1.52 bits per heavy atom. The number of Topliss-reactive ketones (excluding diaryl/α,β-unsaturated/α-hetero) is 1. The van der Waals surface area contributed by atoms with Gasteiger partial charge in [0.1, 0.15) is 53.7 Å². The lowest BCUT2D eigenvalue weighted by atomic mass is 9.79. The molecule has 0 spiro atoms. The molecule has 6 atom stereocenters. The Kier molecular flexibility index (Phi) is 16.5. The summed E-state index contributed by atoms with van der Waals surface area (Å²) in [5.41, 5.74) is -1.56. The summed E-state index contributed by atoms with van der Waals surface area (Å²) in [5.74, 6) is 0.313.